The van der Waals surface area contributed by atoms with E-state index >= 15 is 0 Å². The average molecular weight is 375 g/mol. The number of nitrogens with zero attached hydrogens (tertiary/aromatic N) is 2. The van der Waals surface area contributed by atoms with Gasteiger partial charge in [-0.25, -0.2) is 0 Å². The number of allylic oxidation sites excluding steroid dienone is 1. The molecule has 0 aliphatic rings. The zero-order valence-electron chi connectivity index (χ0n) is 12.0. The van der Waals surface area contributed by atoms with Crippen LogP contribution in [0.1, 0.15) is 11.1 Å². The van der Waals surface area contributed by atoms with Gasteiger partial charge >= 0.3 is 5.69 Å². The summed E-state index contributed by atoms with van der Waals surface area (Å²) in [6.07, 6.45) is 1.50. The second kappa shape index (κ2) is 6.94. The third kappa shape index (κ3) is 3.67. The topological polar surface area (TPSA) is 96.4 Å². The number of ether oxygens (including phenoxy) is 1. The predicted molar refractivity (Wildman–Crippen MR) is 88.9 cm³/mol. The maximum atomic E-state index is 11.0. The number of nitriles is 1. The minimum absolute atomic E-state index is 0.0291. The number of benzene rings is 2. The Morgan fingerprint density at radius 3 is 2.57 bits per heavy atom. The summed E-state index contributed by atoms with van der Waals surface area (Å²) in [5.41, 5.74) is 0.902. The van der Waals surface area contributed by atoms with Crippen LogP contribution < -0.4 is 4.74 Å². The number of phenolic OH excluding ortho intramolecular Hbond substituents is 1. The van der Waals surface area contributed by atoms with E-state index in [2.05, 4.69) is 22.0 Å². The zero-order chi connectivity index (χ0) is 17.0. The van der Waals surface area contributed by atoms with E-state index < -0.39 is 16.4 Å². The summed E-state index contributed by atoms with van der Waals surface area (Å²) < 4.78 is 5.82. The number of methoxy groups -OCH3 is 1. The molecule has 0 heterocycles. The minimum Gasteiger partial charge on any atom is -0.500 e. The molecule has 0 bridgehead atoms. The van der Waals surface area contributed by atoms with Gasteiger partial charge in [-0.3, -0.25) is 10.1 Å². The summed E-state index contributed by atoms with van der Waals surface area (Å²) in [6, 6.07) is 11.8. The lowest BCUT2D eigenvalue weighted by atomic mass is 10.0. The summed E-state index contributed by atoms with van der Waals surface area (Å²) in [6.45, 7) is 0. The summed E-state index contributed by atoms with van der Waals surface area (Å²) in [7, 11) is 1.30. The van der Waals surface area contributed by atoms with E-state index in [1.165, 1.54) is 25.3 Å². The Morgan fingerprint density at radius 2 is 2.04 bits per heavy atom. The SMILES string of the molecule is COc1cc(/C=C(\C#N)c2ccc(Br)cc2)cc([N+](=O)[O-])c1O. The zero-order valence-corrected chi connectivity index (χ0v) is 13.6. The van der Waals surface area contributed by atoms with Crippen LogP contribution >= 0.6 is 15.9 Å². The number of hydrogen-bond acceptors (Lipinski definition) is 5. The fraction of sp³-hybridized carbons (Fsp3) is 0.0625. The molecule has 0 radical (unpaired) electrons. The van der Waals surface area contributed by atoms with Crippen molar-refractivity contribution in [3.63, 3.8) is 0 Å². The summed E-state index contributed by atoms with van der Waals surface area (Å²) >= 11 is 3.31. The molecule has 0 unspecified atom stereocenters. The van der Waals surface area contributed by atoms with E-state index in [4.69, 9.17) is 4.74 Å². The molecule has 1 N–H and O–H groups in total. The van der Waals surface area contributed by atoms with Crippen molar-refractivity contribution in [1.82, 2.24) is 0 Å². The third-order valence-corrected chi connectivity index (χ3v) is 3.61. The number of aromatic hydroxyl groups is 1. The molecule has 2 rings (SSSR count). The van der Waals surface area contributed by atoms with Gasteiger partial charge < -0.3 is 9.84 Å². The average Bonchev–Trinajstić information content (AvgIpc) is 2.54. The monoisotopic (exact) mass is 374 g/mol. The van der Waals surface area contributed by atoms with E-state index in [0.717, 1.165) is 4.47 Å². The van der Waals surface area contributed by atoms with Crippen molar-refractivity contribution in [3.05, 3.63) is 62.1 Å². The van der Waals surface area contributed by atoms with Crippen LogP contribution in [-0.4, -0.2) is 17.1 Å². The Labute approximate surface area is 140 Å². The molecule has 6 nitrogen and oxygen atoms in total. The largest absolute Gasteiger partial charge is 0.500 e. The molecule has 0 fully saturated rings. The van der Waals surface area contributed by atoms with Gasteiger partial charge in [-0.15, -0.1) is 0 Å². The van der Waals surface area contributed by atoms with Gasteiger partial charge in [0.25, 0.3) is 0 Å². The quantitative estimate of drug-likeness (QED) is 0.375. The maximum Gasteiger partial charge on any atom is 0.315 e. The summed E-state index contributed by atoms with van der Waals surface area (Å²) in [5, 5.41) is 30.1. The molecule has 0 aliphatic carbocycles. The van der Waals surface area contributed by atoms with Crippen molar-refractivity contribution in [2.24, 2.45) is 0 Å². The van der Waals surface area contributed by atoms with Crippen LogP contribution in [0, 0.1) is 21.4 Å². The smallest absolute Gasteiger partial charge is 0.315 e. The Bertz CT molecular complexity index is 823. The molecule has 0 saturated heterocycles. The first-order valence-corrected chi connectivity index (χ1v) is 7.18. The van der Waals surface area contributed by atoms with E-state index in [9.17, 15) is 20.5 Å². The lowest BCUT2D eigenvalue weighted by Crippen LogP contribution is -1.93. The van der Waals surface area contributed by atoms with E-state index in [-0.39, 0.29) is 5.75 Å². The molecule has 0 amide bonds. The van der Waals surface area contributed by atoms with Crippen LogP contribution in [0.25, 0.3) is 11.6 Å². The van der Waals surface area contributed by atoms with Crippen molar-refractivity contribution in [2.75, 3.05) is 7.11 Å². The van der Waals surface area contributed by atoms with Gasteiger partial charge in [0.1, 0.15) is 0 Å². The summed E-state index contributed by atoms with van der Waals surface area (Å²) in [4.78, 5) is 10.3. The number of hydrogen-bond donors (Lipinski definition) is 1. The lowest BCUT2D eigenvalue weighted by Gasteiger charge is -2.06. The molecule has 0 aliphatic heterocycles. The Balaban J connectivity index is 2.56. The normalized spacial score (nSPS) is 10.9. The third-order valence-electron chi connectivity index (χ3n) is 3.08. The first-order chi connectivity index (χ1) is 11.0. The molecule has 7 heteroatoms. The van der Waals surface area contributed by atoms with E-state index in [1.54, 1.807) is 24.3 Å². The van der Waals surface area contributed by atoms with Gasteiger partial charge in [0.2, 0.25) is 5.75 Å². The number of nitro benzene ring substituents is 1. The van der Waals surface area contributed by atoms with Gasteiger partial charge in [-0.1, -0.05) is 28.1 Å². The Hall–Kier alpha value is -2.85. The molecule has 0 spiro atoms. The molecule has 0 aromatic heterocycles. The van der Waals surface area contributed by atoms with Crippen molar-refractivity contribution < 1.29 is 14.8 Å². The van der Waals surface area contributed by atoms with Crippen LogP contribution in [0.2, 0.25) is 0 Å². The molecular weight excluding hydrogens is 364 g/mol. The summed E-state index contributed by atoms with van der Waals surface area (Å²) in [5.74, 6) is -0.574. The molecule has 2 aromatic rings. The standard InChI is InChI=1S/C16H11BrN2O4/c1-23-15-8-10(7-14(16(15)20)19(21)22)6-12(9-18)11-2-4-13(17)5-3-11/h2-8,20H,1H3/b12-6+. The van der Waals surface area contributed by atoms with Gasteiger partial charge in [0.05, 0.1) is 23.7 Å². The van der Waals surface area contributed by atoms with Crippen LogP contribution in [0.5, 0.6) is 11.5 Å². The molecule has 116 valence electrons. The van der Waals surface area contributed by atoms with E-state index in [1.807, 2.05) is 0 Å². The van der Waals surface area contributed by atoms with E-state index in [0.29, 0.717) is 16.7 Å². The molecule has 2 aromatic carbocycles. The highest BCUT2D eigenvalue weighted by Crippen LogP contribution is 2.37. The van der Waals surface area contributed by atoms with Crippen molar-refractivity contribution in [2.45, 2.75) is 0 Å². The van der Waals surface area contributed by atoms with Crippen LogP contribution in [0.3, 0.4) is 0 Å². The Kier molecular flexibility index (Phi) is 4.98. The molecule has 0 atom stereocenters. The second-order valence-electron chi connectivity index (χ2n) is 4.52. The van der Waals surface area contributed by atoms with Crippen molar-refractivity contribution in [3.8, 4) is 17.6 Å². The molecule has 0 saturated carbocycles. The van der Waals surface area contributed by atoms with Crippen molar-refractivity contribution in [1.29, 1.82) is 5.26 Å². The maximum absolute atomic E-state index is 11.0. The Morgan fingerprint density at radius 1 is 1.39 bits per heavy atom. The highest BCUT2D eigenvalue weighted by Gasteiger charge is 2.19. The van der Waals surface area contributed by atoms with Gasteiger partial charge in [-0.05, 0) is 35.4 Å². The predicted octanol–water partition coefficient (Wildman–Crippen LogP) is 4.14. The number of halogens is 1. The molecule has 23 heavy (non-hydrogen) atoms. The van der Waals surface area contributed by atoms with Crippen LogP contribution in [0.4, 0.5) is 5.69 Å². The highest BCUT2D eigenvalue weighted by molar-refractivity contribution is 9.10. The number of nitro groups is 1. The number of rotatable bonds is 4. The first-order valence-electron chi connectivity index (χ1n) is 6.39. The number of phenols is 1. The van der Waals surface area contributed by atoms with Gasteiger partial charge in [0.15, 0.2) is 5.75 Å². The minimum atomic E-state index is -0.707. The lowest BCUT2D eigenvalue weighted by molar-refractivity contribution is -0.386. The van der Waals surface area contributed by atoms with Crippen LogP contribution in [-0.2, 0) is 0 Å². The fourth-order valence-electron chi connectivity index (χ4n) is 1.97. The van der Waals surface area contributed by atoms with Crippen LogP contribution in [0.15, 0.2) is 40.9 Å². The highest BCUT2D eigenvalue weighted by atomic mass is 79.9. The van der Waals surface area contributed by atoms with Gasteiger partial charge in [-0.2, -0.15) is 5.26 Å². The fourth-order valence-corrected chi connectivity index (χ4v) is 2.23. The molecular formula is C16H11BrN2O4. The second-order valence-corrected chi connectivity index (χ2v) is 5.44. The van der Waals surface area contributed by atoms with Crippen molar-refractivity contribution >= 4 is 33.3 Å². The first kappa shape index (κ1) is 16.5. The van der Waals surface area contributed by atoms with Gasteiger partial charge in [0, 0.05) is 10.5 Å².